The van der Waals surface area contributed by atoms with Crippen molar-refractivity contribution in [1.29, 1.82) is 0 Å². The molecule has 4 heteroatoms. The van der Waals surface area contributed by atoms with E-state index in [1.165, 1.54) is 6.20 Å². The largest absolute Gasteiger partial charge is 0.618 e. The summed E-state index contributed by atoms with van der Waals surface area (Å²) in [6.45, 7) is 0. The molecule has 0 aliphatic rings. The summed E-state index contributed by atoms with van der Waals surface area (Å²) in [5, 5.41) is 12.0. The molecule has 0 bridgehead atoms. The van der Waals surface area contributed by atoms with Crippen LogP contribution in [0.4, 0.5) is 0 Å². The van der Waals surface area contributed by atoms with Gasteiger partial charge in [-0.25, -0.2) is 4.98 Å². The number of hydrogen-bond donors (Lipinski definition) is 0. The van der Waals surface area contributed by atoms with Crippen molar-refractivity contribution in [2.75, 3.05) is 7.11 Å². The van der Waals surface area contributed by atoms with Gasteiger partial charge in [-0.2, -0.15) is 4.73 Å². The summed E-state index contributed by atoms with van der Waals surface area (Å²) in [6, 6.07) is 14.8. The highest BCUT2D eigenvalue weighted by molar-refractivity contribution is 5.75. The minimum atomic E-state index is 0.528. The number of hydrogen-bond acceptors (Lipinski definition) is 3. The van der Waals surface area contributed by atoms with Gasteiger partial charge < -0.3 is 9.94 Å². The lowest BCUT2D eigenvalue weighted by Crippen LogP contribution is -2.27. The molecule has 19 heavy (non-hydrogen) atoms. The molecule has 0 saturated heterocycles. The molecule has 3 rings (SSSR count). The van der Waals surface area contributed by atoms with Gasteiger partial charge in [-0.05, 0) is 6.07 Å². The Labute approximate surface area is 110 Å². The maximum Gasteiger partial charge on any atom is 0.242 e. The van der Waals surface area contributed by atoms with Gasteiger partial charge in [0.1, 0.15) is 17.0 Å². The molecule has 0 amide bonds. The molecule has 0 N–H and O–H groups in total. The van der Waals surface area contributed by atoms with Crippen LogP contribution in [0.15, 0.2) is 54.7 Å². The van der Waals surface area contributed by atoms with Crippen molar-refractivity contribution in [2.45, 2.75) is 0 Å². The molecule has 0 radical (unpaired) electrons. The third-order valence-electron chi connectivity index (χ3n) is 2.97. The van der Waals surface area contributed by atoms with E-state index in [1.54, 1.807) is 25.3 Å². The van der Waals surface area contributed by atoms with Gasteiger partial charge in [0.2, 0.25) is 11.7 Å². The predicted octanol–water partition coefficient (Wildman–Crippen LogP) is 2.54. The zero-order valence-electron chi connectivity index (χ0n) is 10.4. The normalized spacial score (nSPS) is 10.6. The van der Waals surface area contributed by atoms with Gasteiger partial charge in [0, 0.05) is 17.7 Å². The smallest absolute Gasteiger partial charge is 0.242 e. The number of benzene rings is 2. The van der Waals surface area contributed by atoms with E-state index in [0.717, 1.165) is 10.3 Å². The van der Waals surface area contributed by atoms with Crippen LogP contribution in [0.2, 0.25) is 0 Å². The first-order chi connectivity index (χ1) is 9.28. The molecule has 0 aliphatic heterocycles. The maximum absolute atomic E-state index is 12.0. The third kappa shape index (κ3) is 2.08. The van der Waals surface area contributed by atoms with Gasteiger partial charge in [0.25, 0.3) is 0 Å². The van der Waals surface area contributed by atoms with Crippen molar-refractivity contribution >= 4 is 11.0 Å². The first-order valence-corrected chi connectivity index (χ1v) is 5.91. The number of ether oxygens (including phenoxy) is 1. The lowest BCUT2D eigenvalue weighted by molar-refractivity contribution is -0.576. The summed E-state index contributed by atoms with van der Waals surface area (Å²) < 4.78 is 5.99. The Morgan fingerprint density at radius 3 is 2.63 bits per heavy atom. The standard InChI is InChI=1S/C15H12N2O2/c1-19-12-7-8-15-13(9-12)16-14(10-17(15)18)11-5-3-2-4-6-11/h2-10H,1H3. The second-order valence-electron chi connectivity index (χ2n) is 4.17. The van der Waals surface area contributed by atoms with Crippen LogP contribution in [-0.2, 0) is 0 Å². The summed E-state index contributed by atoms with van der Waals surface area (Å²) in [5.74, 6) is 0.685. The van der Waals surface area contributed by atoms with Crippen molar-refractivity contribution in [2.24, 2.45) is 0 Å². The average molecular weight is 252 g/mol. The van der Waals surface area contributed by atoms with Crippen LogP contribution in [-0.4, -0.2) is 12.1 Å². The minimum absolute atomic E-state index is 0.528. The number of methoxy groups -OCH3 is 1. The molecule has 0 atom stereocenters. The van der Waals surface area contributed by atoms with E-state index in [0.29, 0.717) is 22.5 Å². The topological polar surface area (TPSA) is 49.1 Å². The number of aromatic nitrogens is 2. The van der Waals surface area contributed by atoms with Crippen molar-refractivity contribution in [3.63, 3.8) is 0 Å². The Morgan fingerprint density at radius 2 is 1.89 bits per heavy atom. The number of nitrogens with zero attached hydrogens (tertiary/aromatic N) is 2. The minimum Gasteiger partial charge on any atom is -0.618 e. The Kier molecular flexibility index (Phi) is 2.76. The Morgan fingerprint density at radius 1 is 1.11 bits per heavy atom. The molecule has 3 aromatic rings. The Bertz CT molecular complexity index is 727. The van der Waals surface area contributed by atoms with E-state index in [4.69, 9.17) is 4.74 Å². The second kappa shape index (κ2) is 4.57. The van der Waals surface area contributed by atoms with Gasteiger partial charge in [0.05, 0.1) is 7.11 Å². The maximum atomic E-state index is 12.0. The summed E-state index contributed by atoms with van der Waals surface area (Å²) in [7, 11) is 1.59. The molecule has 0 unspecified atom stereocenters. The fraction of sp³-hybridized carbons (Fsp3) is 0.0667. The highest BCUT2D eigenvalue weighted by atomic mass is 16.5. The molecule has 0 spiro atoms. The van der Waals surface area contributed by atoms with Crippen LogP contribution >= 0.6 is 0 Å². The van der Waals surface area contributed by atoms with Crippen LogP contribution in [0, 0.1) is 5.21 Å². The van der Waals surface area contributed by atoms with Gasteiger partial charge >= 0.3 is 0 Å². The van der Waals surface area contributed by atoms with Crippen LogP contribution < -0.4 is 9.47 Å². The molecular weight excluding hydrogens is 240 g/mol. The molecule has 2 aromatic carbocycles. The van der Waals surface area contributed by atoms with Crippen LogP contribution in [0.1, 0.15) is 0 Å². The molecular formula is C15H12N2O2. The molecule has 0 saturated carbocycles. The van der Waals surface area contributed by atoms with Crippen molar-refractivity contribution in [1.82, 2.24) is 4.98 Å². The average Bonchev–Trinajstić information content (AvgIpc) is 2.47. The monoisotopic (exact) mass is 252 g/mol. The first kappa shape index (κ1) is 11.5. The summed E-state index contributed by atoms with van der Waals surface area (Å²) >= 11 is 0. The SMILES string of the molecule is COc1ccc2c(c1)nc(-c1ccccc1)c[n+]2[O-]. The van der Waals surface area contributed by atoms with Crippen LogP contribution in [0.5, 0.6) is 5.75 Å². The molecule has 0 aliphatic carbocycles. The first-order valence-electron chi connectivity index (χ1n) is 5.91. The van der Waals surface area contributed by atoms with Gasteiger partial charge in [0.15, 0.2) is 0 Å². The zero-order chi connectivity index (χ0) is 13.2. The highest BCUT2D eigenvalue weighted by Crippen LogP contribution is 2.20. The van der Waals surface area contributed by atoms with E-state index < -0.39 is 0 Å². The van der Waals surface area contributed by atoms with Crippen molar-refractivity contribution in [3.8, 4) is 17.0 Å². The lowest BCUT2D eigenvalue weighted by Gasteiger charge is -2.06. The lowest BCUT2D eigenvalue weighted by atomic mass is 10.1. The summed E-state index contributed by atoms with van der Waals surface area (Å²) in [4.78, 5) is 4.51. The Balaban J connectivity index is 2.23. The van der Waals surface area contributed by atoms with E-state index in [1.807, 2.05) is 30.3 Å². The zero-order valence-corrected chi connectivity index (χ0v) is 10.4. The quantitative estimate of drug-likeness (QED) is 0.520. The van der Waals surface area contributed by atoms with E-state index in [-0.39, 0.29) is 0 Å². The summed E-state index contributed by atoms with van der Waals surface area (Å²) in [6.07, 6.45) is 1.49. The van der Waals surface area contributed by atoms with E-state index in [9.17, 15) is 5.21 Å². The molecule has 1 heterocycles. The fourth-order valence-corrected chi connectivity index (χ4v) is 1.99. The van der Waals surface area contributed by atoms with Crippen molar-refractivity contribution < 1.29 is 9.47 Å². The molecule has 4 nitrogen and oxygen atoms in total. The molecule has 1 aromatic heterocycles. The summed E-state index contributed by atoms with van der Waals surface area (Å²) in [5.41, 5.74) is 2.71. The third-order valence-corrected chi connectivity index (χ3v) is 2.97. The molecule has 0 fully saturated rings. The van der Waals surface area contributed by atoms with Gasteiger partial charge in [-0.15, -0.1) is 0 Å². The number of rotatable bonds is 2. The van der Waals surface area contributed by atoms with E-state index >= 15 is 0 Å². The molecule has 94 valence electrons. The predicted molar refractivity (Wildman–Crippen MR) is 72.7 cm³/mol. The van der Waals surface area contributed by atoms with Crippen LogP contribution in [0.3, 0.4) is 0 Å². The Hall–Kier alpha value is -2.62. The van der Waals surface area contributed by atoms with Crippen LogP contribution in [0.25, 0.3) is 22.3 Å². The van der Waals surface area contributed by atoms with Gasteiger partial charge in [-0.3, -0.25) is 0 Å². The fourth-order valence-electron chi connectivity index (χ4n) is 1.99. The second-order valence-corrected chi connectivity index (χ2v) is 4.17. The van der Waals surface area contributed by atoms with E-state index in [2.05, 4.69) is 4.98 Å². The van der Waals surface area contributed by atoms with Gasteiger partial charge in [-0.1, -0.05) is 30.3 Å². The highest BCUT2D eigenvalue weighted by Gasteiger charge is 2.10. The van der Waals surface area contributed by atoms with Crippen molar-refractivity contribution in [3.05, 3.63) is 59.9 Å². The number of fused-ring (bicyclic) bond motifs is 1.